The average molecular weight is 497 g/mol. The van der Waals surface area contributed by atoms with Crippen LogP contribution in [0.25, 0.3) is 0 Å². The molecule has 0 amide bonds. The molecule has 0 aliphatic heterocycles. The van der Waals surface area contributed by atoms with E-state index in [2.05, 4.69) is 104 Å². The van der Waals surface area contributed by atoms with Crippen molar-refractivity contribution < 1.29 is 16.5 Å². The minimum absolute atomic E-state index is 0.895. The Bertz CT molecular complexity index is 434. The van der Waals surface area contributed by atoms with Crippen molar-refractivity contribution in [3.63, 3.8) is 0 Å². The van der Waals surface area contributed by atoms with Crippen molar-refractivity contribution in [3.05, 3.63) is 12.2 Å². The van der Waals surface area contributed by atoms with E-state index in [1.807, 2.05) is 0 Å². The van der Waals surface area contributed by atoms with E-state index in [0.29, 0.717) is 0 Å². The van der Waals surface area contributed by atoms with Crippen molar-refractivity contribution >= 4 is 50.4 Å². The van der Waals surface area contributed by atoms with Crippen LogP contribution < -0.4 is 0 Å². The van der Waals surface area contributed by atoms with Crippen molar-refractivity contribution in [2.24, 2.45) is 0 Å². The summed E-state index contributed by atoms with van der Waals surface area (Å²) in [4.78, 5) is 0. The van der Waals surface area contributed by atoms with Gasteiger partial charge in [0.15, 0.2) is 33.3 Å². The Labute approximate surface area is 182 Å². The van der Waals surface area contributed by atoms with Crippen LogP contribution in [-0.2, 0) is 16.5 Å². The summed E-state index contributed by atoms with van der Waals surface area (Å²) in [5.41, 5.74) is 0. The molecule has 0 spiro atoms. The highest BCUT2D eigenvalue weighted by atomic mass is 28.5. The van der Waals surface area contributed by atoms with E-state index in [9.17, 15) is 0 Å². The fourth-order valence-electron chi connectivity index (χ4n) is 3.39. The fraction of sp³-hybridized carbons (Fsp3) is 0.889. The molecule has 0 radical (unpaired) electrons. The van der Waals surface area contributed by atoms with Crippen molar-refractivity contribution in [1.82, 2.24) is 0 Å². The summed E-state index contributed by atoms with van der Waals surface area (Å²) >= 11 is 0. The van der Waals surface area contributed by atoms with Crippen LogP contribution in [0, 0.1) is 0 Å². The predicted octanol–water partition coefficient (Wildman–Crippen LogP) is 7.09. The zero-order chi connectivity index (χ0) is 22.7. The van der Waals surface area contributed by atoms with Crippen LogP contribution in [-0.4, -0.2) is 50.4 Å². The van der Waals surface area contributed by atoms with E-state index in [1.54, 1.807) is 0 Å². The Hall–Kier alpha value is 0.881. The van der Waals surface area contributed by atoms with Gasteiger partial charge in [0.2, 0.25) is 0 Å². The largest absolute Gasteiger partial charge is 0.436 e. The number of allylic oxidation sites excluding steroid dienone is 2. The van der Waals surface area contributed by atoms with Gasteiger partial charge in [0.25, 0.3) is 0 Å². The average Bonchev–Trinajstić information content (AvgIpc) is 2.24. The highest BCUT2D eigenvalue weighted by Crippen LogP contribution is 2.27. The molecule has 0 saturated carbocycles. The van der Waals surface area contributed by atoms with Crippen LogP contribution in [0.2, 0.25) is 104 Å². The third-order valence-corrected chi connectivity index (χ3v) is 21.9. The van der Waals surface area contributed by atoms with Gasteiger partial charge in [-0.05, 0) is 91.7 Å². The summed E-state index contributed by atoms with van der Waals surface area (Å²) in [5.74, 6) is 0. The summed E-state index contributed by atoms with van der Waals surface area (Å²) in [5, 5.41) is 0. The minimum atomic E-state index is -2.22. The van der Waals surface area contributed by atoms with Gasteiger partial charge in [-0.25, -0.2) is 0 Å². The maximum atomic E-state index is 6.60. The smallest absolute Gasteiger partial charge is 0.318 e. The molecular formula is C18H48O4Si6. The summed E-state index contributed by atoms with van der Waals surface area (Å²) in [6.45, 7) is 31.5. The van der Waals surface area contributed by atoms with Gasteiger partial charge in [0.1, 0.15) is 0 Å². The van der Waals surface area contributed by atoms with E-state index in [-0.39, 0.29) is 0 Å². The second kappa shape index (κ2) is 10.0. The molecule has 0 fully saturated rings. The highest BCUT2D eigenvalue weighted by Gasteiger charge is 2.41. The van der Waals surface area contributed by atoms with E-state index < -0.39 is 50.4 Å². The van der Waals surface area contributed by atoms with Crippen LogP contribution in [0.5, 0.6) is 0 Å². The molecule has 0 aromatic rings. The Morgan fingerprint density at radius 2 is 0.571 bits per heavy atom. The van der Waals surface area contributed by atoms with Gasteiger partial charge in [-0.1, -0.05) is 12.2 Å². The van der Waals surface area contributed by atoms with Gasteiger partial charge < -0.3 is 16.5 Å². The molecule has 0 aromatic carbocycles. The molecule has 0 N–H and O–H groups in total. The molecule has 0 heterocycles. The van der Waals surface area contributed by atoms with Crippen molar-refractivity contribution in [1.29, 1.82) is 0 Å². The third-order valence-electron chi connectivity index (χ3n) is 3.23. The standard InChI is InChI=1S/C18H48O4Si6/c1-23(2,3)19-27(13,20-24(4,5)6)17-15-16-18-28(14,21-25(7,8)9)22-26(10,11)12/h15-16H,17-18H2,1-14H3/b16-15+. The molecule has 0 aliphatic carbocycles. The molecule has 0 unspecified atom stereocenters. The normalized spacial score (nSPS) is 15.5. The molecule has 4 nitrogen and oxygen atoms in total. The van der Waals surface area contributed by atoms with E-state index in [0.717, 1.165) is 12.1 Å². The van der Waals surface area contributed by atoms with Crippen molar-refractivity contribution in [2.75, 3.05) is 0 Å². The first-order chi connectivity index (χ1) is 12.0. The maximum Gasteiger partial charge on any atom is 0.318 e. The predicted molar refractivity (Wildman–Crippen MR) is 140 cm³/mol. The van der Waals surface area contributed by atoms with Gasteiger partial charge in [-0.15, -0.1) is 0 Å². The summed E-state index contributed by atoms with van der Waals surface area (Å²) in [7, 11) is -11.1. The summed E-state index contributed by atoms with van der Waals surface area (Å²) < 4.78 is 26.4. The van der Waals surface area contributed by atoms with Gasteiger partial charge in [-0.3, -0.25) is 0 Å². The topological polar surface area (TPSA) is 36.9 Å². The van der Waals surface area contributed by atoms with Gasteiger partial charge in [-0.2, -0.15) is 0 Å². The first kappa shape index (κ1) is 28.9. The Morgan fingerprint density at radius 1 is 0.393 bits per heavy atom. The number of rotatable bonds is 12. The molecule has 0 rings (SSSR count). The maximum absolute atomic E-state index is 6.60. The molecule has 0 aliphatic rings. The lowest BCUT2D eigenvalue weighted by Gasteiger charge is -2.38. The SMILES string of the molecule is C[Si](C)(C)O[Si](C)(C/C=C/C[Si](C)(O[Si](C)(C)C)O[Si](C)(C)C)O[Si](C)(C)C. The second-order valence-electron chi connectivity index (χ2n) is 12.0. The summed E-state index contributed by atoms with van der Waals surface area (Å²) in [6.07, 6.45) is 4.55. The van der Waals surface area contributed by atoms with E-state index >= 15 is 0 Å². The lowest BCUT2D eigenvalue weighted by Crippen LogP contribution is -2.52. The van der Waals surface area contributed by atoms with Crippen LogP contribution in [0.1, 0.15) is 0 Å². The quantitative estimate of drug-likeness (QED) is 0.213. The van der Waals surface area contributed by atoms with Gasteiger partial charge in [0.05, 0.1) is 0 Å². The zero-order valence-corrected chi connectivity index (χ0v) is 27.2. The number of hydrogen-bond acceptors (Lipinski definition) is 4. The monoisotopic (exact) mass is 496 g/mol. The number of hydrogen-bond donors (Lipinski definition) is 0. The third kappa shape index (κ3) is 15.7. The van der Waals surface area contributed by atoms with Crippen molar-refractivity contribution in [2.45, 2.75) is 104 Å². The lowest BCUT2D eigenvalue weighted by molar-refractivity contribution is 0.386. The molecule has 0 atom stereocenters. The lowest BCUT2D eigenvalue weighted by atomic mass is 10.6. The van der Waals surface area contributed by atoms with Crippen LogP contribution in [0.3, 0.4) is 0 Å². The molecule has 0 aromatic heterocycles. The van der Waals surface area contributed by atoms with Crippen LogP contribution >= 0.6 is 0 Å². The van der Waals surface area contributed by atoms with Crippen molar-refractivity contribution in [3.8, 4) is 0 Å². The molecular weight excluding hydrogens is 449 g/mol. The van der Waals surface area contributed by atoms with Crippen LogP contribution in [0.4, 0.5) is 0 Å². The van der Waals surface area contributed by atoms with Gasteiger partial charge >= 0.3 is 17.1 Å². The van der Waals surface area contributed by atoms with E-state index in [1.165, 1.54) is 0 Å². The Balaban J connectivity index is 5.31. The Kier molecular flexibility index (Phi) is 10.3. The second-order valence-corrected chi connectivity index (χ2v) is 37.5. The highest BCUT2D eigenvalue weighted by molar-refractivity contribution is 6.88. The Morgan fingerprint density at radius 3 is 0.714 bits per heavy atom. The zero-order valence-electron chi connectivity index (χ0n) is 21.2. The first-order valence-electron chi connectivity index (χ1n) is 10.5. The molecule has 168 valence electrons. The van der Waals surface area contributed by atoms with E-state index in [4.69, 9.17) is 16.5 Å². The van der Waals surface area contributed by atoms with Crippen LogP contribution in [0.15, 0.2) is 12.2 Å². The molecule has 0 saturated heterocycles. The molecule has 28 heavy (non-hydrogen) atoms. The molecule has 0 bridgehead atoms. The first-order valence-corrected chi connectivity index (χ1v) is 29.2. The minimum Gasteiger partial charge on any atom is -0.436 e. The van der Waals surface area contributed by atoms with Gasteiger partial charge in [0, 0.05) is 12.1 Å². The summed E-state index contributed by atoms with van der Waals surface area (Å²) in [6, 6.07) is 1.79. The fourth-order valence-corrected chi connectivity index (χ4v) is 27.7. The molecule has 10 heteroatoms.